The van der Waals surface area contributed by atoms with Gasteiger partial charge in [0.1, 0.15) is 5.54 Å². The number of aliphatic imine (C=N–C) groups is 1. The number of aromatic nitrogens is 1. The average molecular weight is 336 g/mol. The van der Waals surface area contributed by atoms with Crippen LogP contribution in [0.2, 0.25) is 0 Å². The van der Waals surface area contributed by atoms with Crippen molar-refractivity contribution in [3.63, 3.8) is 0 Å². The maximum Gasteiger partial charge on any atom is 0.298 e. The minimum atomic E-state index is -3.02. The molecule has 0 spiro atoms. The number of pyridine rings is 1. The van der Waals surface area contributed by atoms with Crippen molar-refractivity contribution in [2.45, 2.75) is 32.2 Å². The molecule has 4 heteroatoms. The molecule has 2 aromatic carbocycles. The number of hydrogen-bond donors (Lipinski definition) is 0. The molecule has 0 unspecified atom stereocenters. The SMILES string of the molecule is Cc1cccc2c1C(F)(F)C(C)(C)N=C2c1ccc2ncccc2c1. The molecule has 0 amide bonds. The van der Waals surface area contributed by atoms with Crippen molar-refractivity contribution in [1.29, 1.82) is 0 Å². The van der Waals surface area contributed by atoms with Gasteiger partial charge in [-0.3, -0.25) is 9.98 Å². The van der Waals surface area contributed by atoms with E-state index in [1.165, 1.54) is 13.8 Å². The van der Waals surface area contributed by atoms with Crippen LogP contribution in [0.1, 0.15) is 36.1 Å². The molecule has 0 saturated heterocycles. The number of hydrogen-bond acceptors (Lipinski definition) is 2. The van der Waals surface area contributed by atoms with E-state index in [0.717, 1.165) is 16.5 Å². The Bertz CT molecular complexity index is 1020. The lowest BCUT2D eigenvalue weighted by molar-refractivity contribution is -0.0687. The van der Waals surface area contributed by atoms with Crippen LogP contribution in [0.15, 0.2) is 59.7 Å². The van der Waals surface area contributed by atoms with Gasteiger partial charge in [0.2, 0.25) is 0 Å². The highest BCUT2D eigenvalue weighted by Gasteiger charge is 2.53. The monoisotopic (exact) mass is 336 g/mol. The second-order valence-corrected chi connectivity index (χ2v) is 7.00. The summed E-state index contributed by atoms with van der Waals surface area (Å²) in [4.78, 5) is 8.79. The predicted octanol–water partition coefficient (Wildman–Crippen LogP) is 5.26. The van der Waals surface area contributed by atoms with Crippen LogP contribution in [0.4, 0.5) is 8.78 Å². The lowest BCUT2D eigenvalue weighted by atomic mass is 9.79. The number of fused-ring (bicyclic) bond motifs is 2. The van der Waals surface area contributed by atoms with Crippen molar-refractivity contribution in [3.8, 4) is 0 Å². The topological polar surface area (TPSA) is 25.2 Å². The van der Waals surface area contributed by atoms with E-state index >= 15 is 8.78 Å². The van der Waals surface area contributed by atoms with E-state index in [0.29, 0.717) is 16.8 Å². The van der Waals surface area contributed by atoms with E-state index in [-0.39, 0.29) is 5.56 Å². The first-order valence-corrected chi connectivity index (χ1v) is 8.24. The van der Waals surface area contributed by atoms with Gasteiger partial charge in [-0.25, -0.2) is 0 Å². The lowest BCUT2D eigenvalue weighted by Gasteiger charge is -2.38. The summed E-state index contributed by atoms with van der Waals surface area (Å²) in [5.41, 5.74) is 1.98. The maximum absolute atomic E-state index is 15.1. The lowest BCUT2D eigenvalue weighted by Crippen LogP contribution is -2.44. The van der Waals surface area contributed by atoms with Crippen LogP contribution in [0.5, 0.6) is 0 Å². The van der Waals surface area contributed by atoms with Crippen molar-refractivity contribution in [2.24, 2.45) is 4.99 Å². The fourth-order valence-electron chi connectivity index (χ4n) is 3.44. The van der Waals surface area contributed by atoms with Gasteiger partial charge in [0, 0.05) is 28.3 Å². The Kier molecular flexibility index (Phi) is 3.29. The second kappa shape index (κ2) is 5.19. The van der Waals surface area contributed by atoms with Crippen LogP contribution < -0.4 is 0 Å². The number of benzene rings is 2. The first-order chi connectivity index (χ1) is 11.8. The highest BCUT2D eigenvalue weighted by atomic mass is 19.3. The minimum Gasteiger partial charge on any atom is -0.271 e. The Balaban J connectivity index is 2.00. The fraction of sp³-hybridized carbons (Fsp3) is 0.238. The second-order valence-electron chi connectivity index (χ2n) is 7.00. The Morgan fingerprint density at radius 3 is 2.56 bits per heavy atom. The Labute approximate surface area is 145 Å². The van der Waals surface area contributed by atoms with E-state index in [1.807, 2.05) is 30.3 Å². The summed E-state index contributed by atoms with van der Waals surface area (Å²) in [5, 5.41) is 0.965. The molecule has 0 radical (unpaired) electrons. The van der Waals surface area contributed by atoms with E-state index in [4.69, 9.17) is 0 Å². The van der Waals surface area contributed by atoms with Gasteiger partial charge in [-0.1, -0.05) is 30.3 Å². The smallest absolute Gasteiger partial charge is 0.271 e. The van der Waals surface area contributed by atoms with E-state index < -0.39 is 11.5 Å². The van der Waals surface area contributed by atoms with Gasteiger partial charge in [0.25, 0.3) is 5.92 Å². The number of nitrogens with zero attached hydrogens (tertiary/aromatic N) is 2. The van der Waals surface area contributed by atoms with Gasteiger partial charge in [-0.2, -0.15) is 8.78 Å². The van der Waals surface area contributed by atoms with Crippen LogP contribution in [0.25, 0.3) is 10.9 Å². The van der Waals surface area contributed by atoms with Crippen LogP contribution >= 0.6 is 0 Å². The molecule has 3 aromatic rings. The normalized spacial score (nSPS) is 17.9. The van der Waals surface area contributed by atoms with Crippen molar-refractivity contribution < 1.29 is 8.78 Å². The number of rotatable bonds is 1. The Morgan fingerprint density at radius 1 is 0.960 bits per heavy atom. The molecule has 25 heavy (non-hydrogen) atoms. The summed E-state index contributed by atoms with van der Waals surface area (Å²) in [6.07, 6.45) is 1.74. The molecule has 126 valence electrons. The summed E-state index contributed by atoms with van der Waals surface area (Å²) in [6, 6.07) is 14.9. The highest BCUT2D eigenvalue weighted by molar-refractivity contribution is 6.16. The molecule has 0 atom stereocenters. The van der Waals surface area contributed by atoms with Crippen LogP contribution in [0.3, 0.4) is 0 Å². The average Bonchev–Trinajstić information content (AvgIpc) is 2.58. The zero-order valence-corrected chi connectivity index (χ0v) is 14.3. The first kappa shape index (κ1) is 15.9. The quantitative estimate of drug-likeness (QED) is 0.595. The van der Waals surface area contributed by atoms with Gasteiger partial charge in [0.05, 0.1) is 11.2 Å². The predicted molar refractivity (Wildman–Crippen MR) is 96.5 cm³/mol. The fourth-order valence-corrected chi connectivity index (χ4v) is 3.44. The molecule has 1 aliphatic heterocycles. The summed E-state index contributed by atoms with van der Waals surface area (Å²) in [6.45, 7) is 4.71. The molecule has 2 heterocycles. The maximum atomic E-state index is 15.1. The number of aryl methyl sites for hydroxylation is 1. The molecule has 0 aliphatic carbocycles. The third kappa shape index (κ3) is 2.28. The largest absolute Gasteiger partial charge is 0.298 e. The summed E-state index contributed by atoms with van der Waals surface area (Å²) >= 11 is 0. The molecule has 0 N–H and O–H groups in total. The molecule has 1 aliphatic rings. The molecule has 0 saturated carbocycles. The number of halogens is 2. The Hall–Kier alpha value is -2.62. The summed E-state index contributed by atoms with van der Waals surface area (Å²) in [7, 11) is 0. The van der Waals surface area contributed by atoms with E-state index in [1.54, 1.807) is 31.3 Å². The molecule has 0 fully saturated rings. The number of alkyl halides is 2. The van der Waals surface area contributed by atoms with Crippen LogP contribution in [0, 0.1) is 6.92 Å². The molecular weight excluding hydrogens is 318 g/mol. The van der Waals surface area contributed by atoms with Gasteiger partial charge < -0.3 is 0 Å². The van der Waals surface area contributed by atoms with Crippen molar-refractivity contribution >= 4 is 16.6 Å². The van der Waals surface area contributed by atoms with Crippen molar-refractivity contribution in [3.05, 3.63) is 77.0 Å². The first-order valence-electron chi connectivity index (χ1n) is 8.24. The summed E-state index contributed by atoms with van der Waals surface area (Å²) in [5.74, 6) is -3.02. The van der Waals surface area contributed by atoms with E-state index in [9.17, 15) is 0 Å². The highest BCUT2D eigenvalue weighted by Crippen LogP contribution is 2.48. The summed E-state index contributed by atoms with van der Waals surface area (Å²) < 4.78 is 30.1. The van der Waals surface area contributed by atoms with Crippen molar-refractivity contribution in [2.75, 3.05) is 0 Å². The van der Waals surface area contributed by atoms with Gasteiger partial charge in [0.15, 0.2) is 0 Å². The van der Waals surface area contributed by atoms with Crippen molar-refractivity contribution in [1.82, 2.24) is 4.98 Å². The zero-order chi connectivity index (χ0) is 17.8. The van der Waals surface area contributed by atoms with Crippen LogP contribution in [-0.2, 0) is 5.92 Å². The minimum absolute atomic E-state index is 0.0799. The van der Waals surface area contributed by atoms with Gasteiger partial charge >= 0.3 is 0 Å². The van der Waals surface area contributed by atoms with Crippen LogP contribution in [-0.4, -0.2) is 16.2 Å². The van der Waals surface area contributed by atoms with Gasteiger partial charge in [-0.05, 0) is 44.5 Å². The van der Waals surface area contributed by atoms with Gasteiger partial charge in [-0.15, -0.1) is 0 Å². The molecule has 0 bridgehead atoms. The van der Waals surface area contributed by atoms with E-state index in [2.05, 4.69) is 9.98 Å². The standard InChI is InChI=1S/C21H18F2N2/c1-13-6-4-8-16-18(13)21(22,23)20(2,3)25-19(16)15-9-10-17-14(12-15)7-5-11-24-17/h4-12H,1-3H3. The molecular formula is C21H18F2N2. The molecule has 1 aromatic heterocycles. The molecule has 4 rings (SSSR count). The Morgan fingerprint density at radius 2 is 1.76 bits per heavy atom. The third-order valence-corrected chi connectivity index (χ3v) is 4.88. The zero-order valence-electron chi connectivity index (χ0n) is 14.3. The molecule has 2 nitrogen and oxygen atoms in total. The third-order valence-electron chi connectivity index (χ3n) is 4.88.